The van der Waals surface area contributed by atoms with Gasteiger partial charge in [-0.3, -0.25) is 19.5 Å². The maximum atomic E-state index is 12.9. The Morgan fingerprint density at radius 3 is 2.70 bits per heavy atom. The maximum Gasteiger partial charge on any atom is 0.433 e. The number of amides is 1. The van der Waals surface area contributed by atoms with Gasteiger partial charge in [-0.15, -0.1) is 0 Å². The van der Waals surface area contributed by atoms with Gasteiger partial charge in [0.05, 0.1) is 5.69 Å². The first kappa shape index (κ1) is 23.6. The fourth-order valence-corrected chi connectivity index (χ4v) is 2.93. The van der Waals surface area contributed by atoms with E-state index in [2.05, 4.69) is 30.7 Å². The third-order valence-electron chi connectivity index (χ3n) is 4.53. The van der Waals surface area contributed by atoms with Crippen LogP contribution in [-0.4, -0.2) is 38.4 Å². The topological polar surface area (TPSA) is 97.1 Å². The summed E-state index contributed by atoms with van der Waals surface area (Å²) in [5, 5.41) is 9.79. The molecule has 0 aliphatic heterocycles. The van der Waals surface area contributed by atoms with Gasteiger partial charge in [0.1, 0.15) is 18.1 Å². The van der Waals surface area contributed by atoms with E-state index in [9.17, 15) is 18.0 Å². The van der Waals surface area contributed by atoms with Gasteiger partial charge in [0, 0.05) is 54.9 Å². The number of anilines is 1. The van der Waals surface area contributed by atoms with Crippen molar-refractivity contribution in [2.45, 2.75) is 26.6 Å². The summed E-state index contributed by atoms with van der Waals surface area (Å²) in [5.41, 5.74) is 1.81. The molecule has 0 saturated carbocycles. The minimum absolute atomic E-state index is 0.128. The summed E-state index contributed by atoms with van der Waals surface area (Å²) in [7, 11) is 1.77. The Hall–Kier alpha value is -4.02. The number of carbonyl (C=O) groups excluding carboxylic acids is 1. The summed E-state index contributed by atoms with van der Waals surface area (Å²) in [6.45, 7) is 3.42. The molecule has 0 saturated heterocycles. The number of hydrogen-bond donors (Lipinski definition) is 2. The Kier molecular flexibility index (Phi) is 7.21. The first-order valence-electron chi connectivity index (χ1n) is 9.88. The van der Waals surface area contributed by atoms with E-state index in [0.717, 1.165) is 23.5 Å². The molecule has 0 bridgehead atoms. The van der Waals surface area contributed by atoms with Crippen molar-refractivity contribution < 1.29 is 18.0 Å². The number of alkyl halides is 3. The molecule has 172 valence electrons. The quantitative estimate of drug-likeness (QED) is 0.526. The number of aryl methyl sites for hydroxylation is 1. The number of pyridine rings is 2. The van der Waals surface area contributed by atoms with Crippen LogP contribution in [0.25, 0.3) is 11.3 Å². The minimum atomic E-state index is -4.55. The number of hydrogen-bond acceptors (Lipinski definition) is 6. The first-order chi connectivity index (χ1) is 15.7. The lowest BCUT2D eigenvalue weighted by molar-refractivity contribution is -0.141. The van der Waals surface area contributed by atoms with Gasteiger partial charge in [-0.25, -0.2) is 4.98 Å². The number of carbonyl (C=O) groups is 1. The van der Waals surface area contributed by atoms with Crippen molar-refractivity contribution in [3.8, 4) is 11.3 Å². The lowest BCUT2D eigenvalue weighted by atomic mass is 10.1. The molecule has 3 heterocycles. The van der Waals surface area contributed by atoms with Crippen LogP contribution in [0.5, 0.6) is 0 Å². The van der Waals surface area contributed by atoms with Crippen LogP contribution in [0.3, 0.4) is 0 Å². The highest BCUT2D eigenvalue weighted by Gasteiger charge is 2.32. The van der Waals surface area contributed by atoms with Crippen LogP contribution in [0.1, 0.15) is 23.7 Å². The molecule has 3 aromatic rings. The van der Waals surface area contributed by atoms with Gasteiger partial charge in [0.15, 0.2) is 0 Å². The summed E-state index contributed by atoms with van der Waals surface area (Å²) >= 11 is 0. The Morgan fingerprint density at radius 1 is 1.24 bits per heavy atom. The maximum absolute atomic E-state index is 12.9. The molecule has 0 unspecified atom stereocenters. The SMILES string of the molecule is CN/C=C\N=C(C)c1ccc(NC(=O)Cn2cc(C)c(-c3ccnc(C(F)(F)F)c3)n2)nc1. The number of aromatic nitrogens is 4. The molecule has 1 amide bonds. The van der Waals surface area contributed by atoms with Crippen LogP contribution in [0.2, 0.25) is 0 Å². The third kappa shape index (κ3) is 6.25. The second-order valence-electron chi connectivity index (χ2n) is 7.09. The van der Waals surface area contributed by atoms with E-state index in [1.807, 2.05) is 6.92 Å². The van der Waals surface area contributed by atoms with Gasteiger partial charge in [-0.2, -0.15) is 18.3 Å². The fourth-order valence-electron chi connectivity index (χ4n) is 2.93. The molecular weight excluding hydrogens is 435 g/mol. The smallest absolute Gasteiger partial charge is 0.393 e. The van der Waals surface area contributed by atoms with Crippen molar-refractivity contribution in [2.24, 2.45) is 4.99 Å². The van der Waals surface area contributed by atoms with Gasteiger partial charge in [-0.1, -0.05) is 0 Å². The highest BCUT2D eigenvalue weighted by atomic mass is 19.4. The summed E-state index contributed by atoms with van der Waals surface area (Å²) < 4.78 is 40.2. The second-order valence-corrected chi connectivity index (χ2v) is 7.09. The van der Waals surface area contributed by atoms with Crippen LogP contribution in [0.4, 0.5) is 19.0 Å². The molecule has 8 nitrogen and oxygen atoms in total. The average molecular weight is 457 g/mol. The molecule has 33 heavy (non-hydrogen) atoms. The van der Waals surface area contributed by atoms with Crippen molar-refractivity contribution in [3.63, 3.8) is 0 Å². The summed E-state index contributed by atoms with van der Waals surface area (Å²) in [6.07, 6.45) is 3.04. The van der Waals surface area contributed by atoms with Crippen molar-refractivity contribution in [1.29, 1.82) is 0 Å². The molecule has 11 heteroatoms. The first-order valence-corrected chi connectivity index (χ1v) is 9.88. The average Bonchev–Trinajstić information content (AvgIpc) is 3.13. The van der Waals surface area contributed by atoms with Gasteiger partial charge < -0.3 is 10.6 Å². The second kappa shape index (κ2) is 10.1. The van der Waals surface area contributed by atoms with Crippen LogP contribution in [0.15, 0.2) is 60.2 Å². The van der Waals surface area contributed by atoms with Gasteiger partial charge >= 0.3 is 6.18 Å². The number of halogens is 3. The highest BCUT2D eigenvalue weighted by molar-refractivity contribution is 5.99. The van der Waals surface area contributed by atoms with Crippen molar-refractivity contribution in [2.75, 3.05) is 12.4 Å². The normalized spacial score (nSPS) is 12.2. The predicted octanol–water partition coefficient (Wildman–Crippen LogP) is 3.81. The van der Waals surface area contributed by atoms with Gasteiger partial charge in [0.2, 0.25) is 5.91 Å². The van der Waals surface area contributed by atoms with Crippen LogP contribution in [-0.2, 0) is 17.5 Å². The van der Waals surface area contributed by atoms with E-state index in [1.54, 1.807) is 50.9 Å². The number of rotatable bonds is 7. The molecule has 0 radical (unpaired) electrons. The van der Waals surface area contributed by atoms with Crippen molar-refractivity contribution in [1.82, 2.24) is 25.1 Å². The number of aliphatic imine (C=N–C) groups is 1. The van der Waals surface area contributed by atoms with Gasteiger partial charge in [-0.05, 0) is 43.7 Å². The Morgan fingerprint density at radius 2 is 2.03 bits per heavy atom. The number of nitrogens with one attached hydrogen (secondary N) is 2. The van der Waals surface area contributed by atoms with Crippen LogP contribution >= 0.6 is 0 Å². The molecule has 3 rings (SSSR count). The molecule has 0 aliphatic carbocycles. The molecule has 0 atom stereocenters. The zero-order valence-corrected chi connectivity index (χ0v) is 18.2. The molecular formula is C22H22F3N7O. The van der Waals surface area contributed by atoms with Gasteiger partial charge in [0.25, 0.3) is 0 Å². The largest absolute Gasteiger partial charge is 0.433 e. The van der Waals surface area contributed by atoms with E-state index in [4.69, 9.17) is 0 Å². The molecule has 0 aliphatic rings. The highest BCUT2D eigenvalue weighted by Crippen LogP contribution is 2.30. The lowest BCUT2D eigenvalue weighted by Crippen LogP contribution is -2.19. The van der Waals surface area contributed by atoms with Crippen LogP contribution < -0.4 is 10.6 Å². The van der Waals surface area contributed by atoms with E-state index in [-0.39, 0.29) is 18.0 Å². The van der Waals surface area contributed by atoms with E-state index < -0.39 is 11.9 Å². The monoisotopic (exact) mass is 457 g/mol. The van der Waals surface area contributed by atoms with Crippen molar-refractivity contribution >= 4 is 17.4 Å². The standard InChI is InChI=1S/C22H22F3N7O/c1-14-12-32(31-21(14)16-6-7-28-18(10-16)22(23,24)25)13-20(33)30-19-5-4-17(11-29-19)15(2)27-9-8-26-3/h4-12,26H,13H2,1-3H3,(H,29,30,33)/b9-8-,27-15?. The Labute approximate surface area is 188 Å². The fraction of sp³-hybridized carbons (Fsp3) is 0.227. The summed E-state index contributed by atoms with van der Waals surface area (Å²) in [6, 6.07) is 5.82. The number of nitrogens with zero attached hydrogens (tertiary/aromatic N) is 5. The zero-order chi connectivity index (χ0) is 24.0. The van der Waals surface area contributed by atoms with E-state index in [0.29, 0.717) is 17.1 Å². The predicted molar refractivity (Wildman–Crippen MR) is 118 cm³/mol. The Bertz CT molecular complexity index is 1180. The summed E-state index contributed by atoms with van der Waals surface area (Å²) in [5.74, 6) is -0.0206. The summed E-state index contributed by atoms with van der Waals surface area (Å²) in [4.78, 5) is 24.2. The third-order valence-corrected chi connectivity index (χ3v) is 4.53. The van der Waals surface area contributed by atoms with E-state index in [1.165, 1.54) is 10.7 Å². The van der Waals surface area contributed by atoms with Crippen molar-refractivity contribution in [3.05, 3.63) is 72.1 Å². The Balaban J connectivity index is 1.67. The van der Waals surface area contributed by atoms with Crippen LogP contribution in [0, 0.1) is 6.92 Å². The zero-order valence-electron chi connectivity index (χ0n) is 18.2. The molecule has 0 aromatic carbocycles. The molecule has 0 fully saturated rings. The molecule has 0 spiro atoms. The molecule has 3 aromatic heterocycles. The van der Waals surface area contributed by atoms with E-state index >= 15 is 0 Å². The lowest BCUT2D eigenvalue weighted by Gasteiger charge is -2.07. The molecule has 2 N–H and O–H groups in total. The minimum Gasteiger partial charge on any atom is -0.393 e.